The first-order valence-electron chi connectivity index (χ1n) is 6.90. The molecular weight excluding hydrogens is 409 g/mol. The average Bonchev–Trinajstić information content (AvgIpc) is 2.94. The Bertz CT molecular complexity index is 986. The van der Waals surface area contributed by atoms with Gasteiger partial charge in [0.1, 0.15) is 10.7 Å². The van der Waals surface area contributed by atoms with E-state index in [-0.39, 0.29) is 26.7 Å². The first kappa shape index (κ1) is 20.1. The van der Waals surface area contributed by atoms with Crippen molar-refractivity contribution in [2.24, 2.45) is 0 Å². The molecule has 7 nitrogen and oxygen atoms in total. The van der Waals surface area contributed by atoms with Gasteiger partial charge >= 0.3 is 11.9 Å². The maximum atomic E-state index is 13.9. The summed E-state index contributed by atoms with van der Waals surface area (Å²) in [7, 11) is -2.21. The van der Waals surface area contributed by atoms with Crippen molar-refractivity contribution < 1.29 is 31.9 Å². The van der Waals surface area contributed by atoms with Crippen molar-refractivity contribution in [1.29, 1.82) is 0 Å². The summed E-state index contributed by atoms with van der Waals surface area (Å²) in [5.74, 6) is -2.66. The topological polar surface area (TPSA) is 98.8 Å². The van der Waals surface area contributed by atoms with Crippen molar-refractivity contribution >= 4 is 50.6 Å². The summed E-state index contributed by atoms with van der Waals surface area (Å²) in [4.78, 5) is 23.8. The Balaban J connectivity index is 2.61. The van der Waals surface area contributed by atoms with Gasteiger partial charge in [-0.3, -0.25) is 4.72 Å². The van der Waals surface area contributed by atoms with Crippen LogP contribution in [-0.4, -0.2) is 34.6 Å². The molecule has 2 aromatic rings. The van der Waals surface area contributed by atoms with E-state index in [1.165, 1.54) is 13.0 Å². The Labute approximate surface area is 157 Å². The molecule has 0 atom stereocenters. The summed E-state index contributed by atoms with van der Waals surface area (Å²) in [6.07, 6.45) is 0. The molecule has 140 valence electrons. The molecule has 0 aliphatic rings. The minimum atomic E-state index is -4.40. The second-order valence-corrected chi connectivity index (χ2v) is 8.27. The molecule has 2 rings (SSSR count). The smallest absolute Gasteiger partial charge is 0.348 e. The number of hydrogen-bond donors (Lipinski definition) is 1. The summed E-state index contributed by atoms with van der Waals surface area (Å²) in [6, 6.07) is 3.36. The van der Waals surface area contributed by atoms with E-state index in [0.717, 1.165) is 26.4 Å². The molecule has 0 amide bonds. The van der Waals surface area contributed by atoms with Crippen LogP contribution in [0.15, 0.2) is 22.4 Å². The zero-order valence-electron chi connectivity index (χ0n) is 13.8. The zero-order chi connectivity index (χ0) is 19.6. The van der Waals surface area contributed by atoms with E-state index in [9.17, 15) is 22.4 Å². The number of carbonyl (C=O) groups excluding carboxylic acids is 2. The molecule has 0 unspecified atom stereocenters. The van der Waals surface area contributed by atoms with Crippen molar-refractivity contribution in [2.45, 2.75) is 11.1 Å². The van der Waals surface area contributed by atoms with Gasteiger partial charge in [-0.2, -0.15) is 0 Å². The van der Waals surface area contributed by atoms with E-state index in [0.29, 0.717) is 11.3 Å². The quantitative estimate of drug-likeness (QED) is 0.744. The largest absolute Gasteiger partial charge is 0.465 e. The predicted molar refractivity (Wildman–Crippen MR) is 94.0 cm³/mol. The van der Waals surface area contributed by atoms with Crippen molar-refractivity contribution in [1.82, 2.24) is 0 Å². The third-order valence-electron chi connectivity index (χ3n) is 3.29. The number of carbonyl (C=O) groups is 2. The number of hydrogen-bond acceptors (Lipinski definition) is 7. The monoisotopic (exact) mass is 421 g/mol. The first-order chi connectivity index (χ1) is 12.1. The van der Waals surface area contributed by atoms with Gasteiger partial charge in [-0.1, -0.05) is 11.6 Å². The molecule has 0 spiro atoms. The van der Waals surface area contributed by atoms with Crippen LogP contribution < -0.4 is 4.72 Å². The molecule has 0 fully saturated rings. The van der Waals surface area contributed by atoms with Crippen LogP contribution in [0.1, 0.15) is 25.6 Å². The first-order valence-corrected chi connectivity index (χ1v) is 9.58. The summed E-state index contributed by atoms with van der Waals surface area (Å²) in [6.45, 7) is 1.39. The maximum absolute atomic E-state index is 13.9. The Morgan fingerprint density at radius 3 is 2.35 bits per heavy atom. The Kier molecular flexibility index (Phi) is 5.89. The Hall–Kier alpha value is -2.17. The van der Waals surface area contributed by atoms with Crippen LogP contribution in [0, 0.1) is 12.7 Å². The number of esters is 2. The fourth-order valence-electron chi connectivity index (χ4n) is 2.07. The molecule has 0 bridgehead atoms. The number of thiophene rings is 1. The maximum Gasteiger partial charge on any atom is 0.348 e. The predicted octanol–water partition coefficient (Wildman–Crippen LogP) is 3.22. The van der Waals surface area contributed by atoms with Gasteiger partial charge in [0.25, 0.3) is 10.0 Å². The Morgan fingerprint density at radius 1 is 1.19 bits per heavy atom. The molecule has 1 aromatic carbocycles. The standard InChI is InChI=1S/C15H13ClFNO6S2/c1-7-11(13(19)23-2)15(25-12(7)14(20)24-3)26(21,22)18-10-5-4-8(16)6-9(10)17/h4-6,18H,1-3H3. The summed E-state index contributed by atoms with van der Waals surface area (Å²) < 4.78 is 50.0. The van der Waals surface area contributed by atoms with Crippen LogP contribution in [-0.2, 0) is 19.5 Å². The highest BCUT2D eigenvalue weighted by molar-refractivity contribution is 7.94. The normalized spacial score (nSPS) is 11.1. The van der Waals surface area contributed by atoms with Crippen LogP contribution in [0.3, 0.4) is 0 Å². The average molecular weight is 422 g/mol. The molecule has 11 heteroatoms. The fraction of sp³-hybridized carbons (Fsp3) is 0.200. The van der Waals surface area contributed by atoms with E-state index in [1.54, 1.807) is 0 Å². The summed E-state index contributed by atoms with van der Waals surface area (Å²) in [5.41, 5.74) is -0.596. The molecule has 0 aliphatic carbocycles. The van der Waals surface area contributed by atoms with E-state index in [4.69, 9.17) is 11.6 Å². The van der Waals surface area contributed by atoms with Crippen LogP contribution >= 0.6 is 22.9 Å². The van der Waals surface area contributed by atoms with Crippen LogP contribution in [0.4, 0.5) is 10.1 Å². The van der Waals surface area contributed by atoms with Gasteiger partial charge in [0.05, 0.1) is 25.5 Å². The highest BCUT2D eigenvalue weighted by Crippen LogP contribution is 2.34. The molecule has 1 heterocycles. The SMILES string of the molecule is COC(=O)c1sc(S(=O)(=O)Nc2ccc(Cl)cc2F)c(C(=O)OC)c1C. The number of nitrogens with one attached hydrogen (secondary N) is 1. The fourth-order valence-corrected chi connectivity index (χ4v) is 5.04. The van der Waals surface area contributed by atoms with Crippen LogP contribution in [0.2, 0.25) is 5.02 Å². The highest BCUT2D eigenvalue weighted by Gasteiger charge is 2.33. The van der Waals surface area contributed by atoms with Crippen molar-refractivity contribution in [3.63, 3.8) is 0 Å². The molecule has 0 saturated heterocycles. The van der Waals surface area contributed by atoms with Gasteiger partial charge in [-0.25, -0.2) is 22.4 Å². The number of benzene rings is 1. The van der Waals surface area contributed by atoms with E-state index >= 15 is 0 Å². The molecular formula is C15H13ClFNO6S2. The van der Waals surface area contributed by atoms with Gasteiger partial charge in [0.2, 0.25) is 0 Å². The van der Waals surface area contributed by atoms with E-state index in [2.05, 4.69) is 9.47 Å². The van der Waals surface area contributed by atoms with E-state index < -0.39 is 32.0 Å². The number of rotatable bonds is 5. The molecule has 0 aliphatic heterocycles. The number of methoxy groups -OCH3 is 2. The van der Waals surface area contributed by atoms with Gasteiger partial charge in [-0.05, 0) is 30.7 Å². The number of halogens is 2. The van der Waals surface area contributed by atoms with Crippen molar-refractivity contribution in [3.8, 4) is 0 Å². The van der Waals surface area contributed by atoms with Crippen molar-refractivity contribution in [2.75, 3.05) is 18.9 Å². The van der Waals surface area contributed by atoms with Crippen LogP contribution in [0.25, 0.3) is 0 Å². The van der Waals surface area contributed by atoms with Gasteiger partial charge in [0, 0.05) is 5.02 Å². The molecule has 0 radical (unpaired) electrons. The molecule has 1 N–H and O–H groups in total. The van der Waals surface area contributed by atoms with Gasteiger partial charge in [-0.15, -0.1) is 11.3 Å². The zero-order valence-corrected chi connectivity index (χ0v) is 16.1. The number of sulfonamides is 1. The lowest BCUT2D eigenvalue weighted by Crippen LogP contribution is -2.16. The van der Waals surface area contributed by atoms with Crippen LogP contribution in [0.5, 0.6) is 0 Å². The molecule has 26 heavy (non-hydrogen) atoms. The van der Waals surface area contributed by atoms with Gasteiger partial charge < -0.3 is 9.47 Å². The van der Waals surface area contributed by atoms with E-state index in [1.807, 2.05) is 4.72 Å². The summed E-state index contributed by atoms with van der Waals surface area (Å²) in [5, 5.41) is 0.0839. The lowest BCUT2D eigenvalue weighted by Gasteiger charge is -2.09. The number of anilines is 1. The highest BCUT2D eigenvalue weighted by atomic mass is 35.5. The molecule has 0 saturated carbocycles. The second-order valence-electron chi connectivity index (χ2n) is 4.93. The third-order valence-corrected chi connectivity index (χ3v) is 6.69. The minimum Gasteiger partial charge on any atom is -0.465 e. The summed E-state index contributed by atoms with van der Waals surface area (Å²) >= 11 is 6.16. The Morgan fingerprint density at radius 2 is 1.81 bits per heavy atom. The third kappa shape index (κ3) is 3.81. The van der Waals surface area contributed by atoms with Gasteiger partial charge in [0.15, 0.2) is 4.21 Å². The molecule has 1 aromatic heterocycles. The minimum absolute atomic E-state index is 0.0788. The second kappa shape index (κ2) is 7.60. The lowest BCUT2D eigenvalue weighted by molar-refractivity contribution is 0.0596. The van der Waals surface area contributed by atoms with Crippen molar-refractivity contribution in [3.05, 3.63) is 45.0 Å². The lowest BCUT2D eigenvalue weighted by atomic mass is 10.2. The number of ether oxygens (including phenoxy) is 2.